The van der Waals surface area contributed by atoms with Crippen LogP contribution in [0.1, 0.15) is 34.3 Å². The average molecular weight is 473 g/mol. The van der Waals surface area contributed by atoms with Crippen LogP contribution in [0.25, 0.3) is 10.9 Å². The summed E-state index contributed by atoms with van der Waals surface area (Å²) >= 11 is 0. The molecule has 3 fully saturated rings. The number of ether oxygens (including phenoxy) is 1. The minimum absolute atomic E-state index is 0.0324. The lowest BCUT2D eigenvalue weighted by Crippen LogP contribution is -2.47. The van der Waals surface area contributed by atoms with Crippen molar-refractivity contribution >= 4 is 22.7 Å². The van der Waals surface area contributed by atoms with E-state index in [0.717, 1.165) is 62.2 Å². The van der Waals surface area contributed by atoms with Gasteiger partial charge in [0.1, 0.15) is 6.04 Å². The molecule has 1 aliphatic carbocycles. The fraction of sp³-hybridized carbons (Fsp3) is 0.429. The van der Waals surface area contributed by atoms with Gasteiger partial charge in [0.2, 0.25) is 5.91 Å². The molecule has 0 radical (unpaired) electrons. The summed E-state index contributed by atoms with van der Waals surface area (Å²) in [4.78, 5) is 31.1. The highest BCUT2D eigenvalue weighted by atomic mass is 16.5. The van der Waals surface area contributed by atoms with Crippen molar-refractivity contribution in [1.29, 1.82) is 0 Å². The summed E-state index contributed by atoms with van der Waals surface area (Å²) in [5, 5.41) is 4.14. The number of nitrogens with one attached hydrogen (secondary N) is 1. The summed E-state index contributed by atoms with van der Waals surface area (Å²) < 4.78 is 7.41. The Balaban J connectivity index is 1.11. The van der Waals surface area contributed by atoms with Gasteiger partial charge in [0, 0.05) is 50.9 Å². The van der Waals surface area contributed by atoms with Crippen LogP contribution >= 0.6 is 0 Å². The van der Waals surface area contributed by atoms with Crippen LogP contribution in [0.4, 0.5) is 0 Å². The number of nitrogens with zero attached hydrogens (tertiary/aromatic N) is 3. The van der Waals surface area contributed by atoms with Gasteiger partial charge in [-0.15, -0.1) is 0 Å². The molecule has 182 valence electrons. The minimum Gasteiger partial charge on any atom is -0.379 e. The molecule has 35 heavy (non-hydrogen) atoms. The van der Waals surface area contributed by atoms with Crippen molar-refractivity contribution in [2.75, 3.05) is 26.3 Å². The molecule has 1 saturated carbocycles. The Hall–Kier alpha value is -3.16. The Morgan fingerprint density at radius 1 is 1.00 bits per heavy atom. The number of benzene rings is 2. The number of para-hydroxylation sites is 1. The molecule has 2 saturated heterocycles. The lowest BCUT2D eigenvalue weighted by atomic mass is 10.1. The van der Waals surface area contributed by atoms with Crippen LogP contribution < -0.4 is 5.32 Å². The summed E-state index contributed by atoms with van der Waals surface area (Å²) in [5.41, 5.74) is 3.94. The summed E-state index contributed by atoms with van der Waals surface area (Å²) in [7, 11) is 1.96. The van der Waals surface area contributed by atoms with Gasteiger partial charge in [-0.1, -0.05) is 36.4 Å². The van der Waals surface area contributed by atoms with Crippen LogP contribution in [0.2, 0.25) is 0 Å². The Kier molecular flexibility index (Phi) is 5.82. The average Bonchev–Trinajstić information content (AvgIpc) is 3.39. The zero-order valence-electron chi connectivity index (χ0n) is 20.2. The third-order valence-corrected chi connectivity index (χ3v) is 7.77. The molecule has 3 heterocycles. The monoisotopic (exact) mass is 472 g/mol. The Bertz CT molecular complexity index is 1240. The van der Waals surface area contributed by atoms with E-state index in [1.165, 1.54) is 5.56 Å². The van der Waals surface area contributed by atoms with E-state index in [0.29, 0.717) is 18.0 Å². The van der Waals surface area contributed by atoms with Gasteiger partial charge in [0.25, 0.3) is 5.91 Å². The van der Waals surface area contributed by atoms with Gasteiger partial charge >= 0.3 is 0 Å². The van der Waals surface area contributed by atoms with Crippen molar-refractivity contribution < 1.29 is 14.3 Å². The molecule has 0 unspecified atom stereocenters. The first-order chi connectivity index (χ1) is 17.1. The van der Waals surface area contributed by atoms with Crippen molar-refractivity contribution in [1.82, 2.24) is 19.7 Å². The van der Waals surface area contributed by atoms with Gasteiger partial charge in [0.05, 0.1) is 24.3 Å². The molecule has 2 amide bonds. The third-order valence-electron chi connectivity index (χ3n) is 7.77. The lowest BCUT2D eigenvalue weighted by molar-refractivity contribution is -0.125. The molecular weight excluding hydrogens is 440 g/mol. The molecule has 3 aliphatic rings. The van der Waals surface area contributed by atoms with E-state index in [9.17, 15) is 9.59 Å². The van der Waals surface area contributed by atoms with E-state index in [-0.39, 0.29) is 17.9 Å². The van der Waals surface area contributed by atoms with Crippen LogP contribution in [0.3, 0.4) is 0 Å². The van der Waals surface area contributed by atoms with Gasteiger partial charge in [-0.05, 0) is 42.0 Å². The highest BCUT2D eigenvalue weighted by molar-refractivity contribution is 6.07. The van der Waals surface area contributed by atoms with Gasteiger partial charge in [-0.25, -0.2) is 0 Å². The molecule has 7 nitrogen and oxygen atoms in total. The van der Waals surface area contributed by atoms with Crippen molar-refractivity contribution in [3.05, 3.63) is 71.4 Å². The Labute approximate surface area is 205 Å². The summed E-state index contributed by atoms with van der Waals surface area (Å²) in [6.07, 6.45) is 3.73. The molecule has 1 aromatic heterocycles. The van der Waals surface area contributed by atoms with Crippen molar-refractivity contribution in [3.8, 4) is 0 Å². The molecule has 3 aromatic rings. The quantitative estimate of drug-likeness (QED) is 0.599. The number of amides is 2. The standard InChI is InChI=1S/C28H32N4O3/c1-30-10-9-21-3-2-4-23(26(21)30)28(34)32-24-15-22(24)16-25(32)27(33)29-17-19-5-7-20(8-6-19)18-31-11-13-35-14-12-31/h2-10,22,24-25H,11-18H2,1H3,(H,29,33)/t22-,24-,25-/m0/s1. The highest BCUT2D eigenvalue weighted by Crippen LogP contribution is 2.48. The van der Waals surface area contributed by atoms with E-state index in [1.807, 2.05) is 47.0 Å². The van der Waals surface area contributed by atoms with Crippen molar-refractivity contribution in [2.24, 2.45) is 13.0 Å². The number of fused-ring (bicyclic) bond motifs is 2. The van der Waals surface area contributed by atoms with Gasteiger partial charge in [0.15, 0.2) is 0 Å². The first-order valence-corrected chi connectivity index (χ1v) is 12.6. The van der Waals surface area contributed by atoms with Gasteiger partial charge < -0.3 is 19.5 Å². The number of carbonyl (C=O) groups excluding carboxylic acids is 2. The second-order valence-electron chi connectivity index (χ2n) is 10.1. The molecule has 0 bridgehead atoms. The van der Waals surface area contributed by atoms with E-state index < -0.39 is 6.04 Å². The van der Waals surface area contributed by atoms with Crippen LogP contribution in [0.15, 0.2) is 54.7 Å². The normalized spacial score (nSPS) is 23.9. The van der Waals surface area contributed by atoms with E-state index >= 15 is 0 Å². The minimum atomic E-state index is -0.401. The maximum atomic E-state index is 13.7. The summed E-state index contributed by atoms with van der Waals surface area (Å²) in [6.45, 7) is 4.92. The third kappa shape index (κ3) is 4.34. The number of aryl methyl sites for hydroxylation is 1. The molecule has 6 rings (SSSR count). The number of likely N-dealkylation sites (tertiary alicyclic amines) is 1. The predicted octanol–water partition coefficient (Wildman–Crippen LogP) is 2.93. The van der Waals surface area contributed by atoms with E-state index in [1.54, 1.807) is 0 Å². The number of carbonyl (C=O) groups is 2. The zero-order chi connectivity index (χ0) is 23.9. The molecule has 2 aromatic carbocycles. The number of morpholine rings is 1. The lowest BCUT2D eigenvalue weighted by Gasteiger charge is -2.27. The molecule has 7 heteroatoms. The molecule has 0 spiro atoms. The highest BCUT2D eigenvalue weighted by Gasteiger charge is 2.56. The number of rotatable bonds is 6. The van der Waals surface area contributed by atoms with E-state index in [2.05, 4.69) is 34.5 Å². The fourth-order valence-electron chi connectivity index (χ4n) is 5.74. The summed E-state index contributed by atoms with van der Waals surface area (Å²) in [6, 6.07) is 16.1. The van der Waals surface area contributed by atoms with E-state index in [4.69, 9.17) is 4.74 Å². The maximum absolute atomic E-state index is 13.7. The zero-order valence-corrected chi connectivity index (χ0v) is 20.2. The smallest absolute Gasteiger partial charge is 0.256 e. The molecular formula is C28H32N4O3. The van der Waals surface area contributed by atoms with Crippen molar-refractivity contribution in [2.45, 2.75) is 38.0 Å². The molecule has 2 aliphatic heterocycles. The number of hydrogen-bond acceptors (Lipinski definition) is 4. The number of piperidine rings is 1. The van der Waals surface area contributed by atoms with Crippen molar-refractivity contribution in [3.63, 3.8) is 0 Å². The van der Waals surface area contributed by atoms with Gasteiger partial charge in [-0.3, -0.25) is 14.5 Å². The Morgan fingerprint density at radius 3 is 2.57 bits per heavy atom. The number of aromatic nitrogens is 1. The molecule has 3 atom stereocenters. The van der Waals surface area contributed by atoms with Crippen LogP contribution in [0.5, 0.6) is 0 Å². The van der Waals surface area contributed by atoms with Crippen LogP contribution in [0, 0.1) is 5.92 Å². The van der Waals surface area contributed by atoms with Crippen LogP contribution in [-0.2, 0) is 29.7 Å². The van der Waals surface area contributed by atoms with Gasteiger partial charge in [-0.2, -0.15) is 0 Å². The topological polar surface area (TPSA) is 66.8 Å². The second kappa shape index (κ2) is 9.13. The largest absolute Gasteiger partial charge is 0.379 e. The fourth-order valence-corrected chi connectivity index (χ4v) is 5.74. The SMILES string of the molecule is Cn1ccc2cccc(C(=O)N3[C@H](C(=O)NCc4ccc(CN5CCOCC5)cc4)C[C@@H]4C[C@@H]43)c21. The Morgan fingerprint density at radius 2 is 1.77 bits per heavy atom. The first-order valence-electron chi connectivity index (χ1n) is 12.6. The maximum Gasteiger partial charge on any atom is 0.256 e. The first kappa shape index (κ1) is 22.3. The predicted molar refractivity (Wildman–Crippen MR) is 134 cm³/mol. The summed E-state index contributed by atoms with van der Waals surface area (Å²) in [5.74, 6) is 0.360. The second-order valence-corrected chi connectivity index (χ2v) is 10.1. The van der Waals surface area contributed by atoms with Crippen LogP contribution in [-0.4, -0.2) is 64.6 Å². The number of hydrogen-bond donors (Lipinski definition) is 1. The molecule has 1 N–H and O–H groups in total.